The van der Waals surface area contributed by atoms with Gasteiger partial charge in [-0.25, -0.2) is 0 Å². The van der Waals surface area contributed by atoms with Gasteiger partial charge in [0.1, 0.15) is 0 Å². The Morgan fingerprint density at radius 3 is 2.23 bits per heavy atom. The first-order chi connectivity index (χ1) is 5.99. The van der Waals surface area contributed by atoms with Crippen LogP contribution in [0.2, 0.25) is 0 Å². The highest BCUT2D eigenvalue weighted by molar-refractivity contribution is 5.17. The van der Waals surface area contributed by atoms with E-state index in [1.165, 1.54) is 0 Å². The van der Waals surface area contributed by atoms with Crippen molar-refractivity contribution in [2.24, 2.45) is 0 Å². The Morgan fingerprint density at radius 2 is 1.77 bits per heavy atom. The van der Waals surface area contributed by atoms with E-state index in [-0.39, 0.29) is 0 Å². The number of rotatable bonds is 3. The normalized spacial score (nSPS) is 14.2. The maximum atomic E-state index is 9.70. The molecule has 0 aliphatic rings. The molecule has 2 N–H and O–H groups in total. The molecule has 0 aliphatic heterocycles. The molecule has 0 saturated carbocycles. The molecule has 13 heavy (non-hydrogen) atoms. The Labute approximate surface area is 78.8 Å². The molecule has 0 amide bonds. The van der Waals surface area contributed by atoms with E-state index in [0.29, 0.717) is 6.42 Å². The predicted octanol–water partition coefficient (Wildman–Crippen LogP) is 1.88. The van der Waals surface area contributed by atoms with E-state index in [4.69, 9.17) is 0 Å². The maximum absolute atomic E-state index is 9.70. The van der Waals surface area contributed by atoms with Crippen LogP contribution in [0.3, 0.4) is 0 Å². The van der Waals surface area contributed by atoms with Crippen molar-refractivity contribution in [3.8, 4) is 0 Å². The molecular formula is C11H16O2. The van der Waals surface area contributed by atoms with E-state index >= 15 is 0 Å². The number of aliphatic hydroxyl groups excluding tert-OH is 1. The first-order valence-corrected chi connectivity index (χ1v) is 4.44. The highest BCUT2D eigenvalue weighted by atomic mass is 16.3. The lowest BCUT2D eigenvalue weighted by molar-refractivity contribution is 0.0179. The van der Waals surface area contributed by atoms with Gasteiger partial charge in [-0.1, -0.05) is 30.3 Å². The second-order valence-corrected chi connectivity index (χ2v) is 3.94. The van der Waals surface area contributed by atoms with Crippen molar-refractivity contribution in [2.45, 2.75) is 32.0 Å². The van der Waals surface area contributed by atoms with Gasteiger partial charge in [0, 0.05) is 6.42 Å². The van der Waals surface area contributed by atoms with E-state index in [0.717, 1.165) is 5.56 Å². The summed E-state index contributed by atoms with van der Waals surface area (Å²) in [6, 6.07) is 9.37. The second-order valence-electron chi connectivity index (χ2n) is 3.94. The quantitative estimate of drug-likeness (QED) is 0.745. The third-order valence-corrected chi connectivity index (χ3v) is 1.88. The van der Waals surface area contributed by atoms with Gasteiger partial charge in [-0.2, -0.15) is 0 Å². The summed E-state index contributed by atoms with van der Waals surface area (Å²) in [7, 11) is 0. The van der Waals surface area contributed by atoms with Gasteiger partial charge >= 0.3 is 0 Å². The lowest BCUT2D eigenvalue weighted by Gasteiger charge is -2.21. The molecule has 1 rings (SSSR count). The lowest BCUT2D eigenvalue weighted by atomic mass is 9.96. The number of hydrogen-bond acceptors (Lipinski definition) is 2. The van der Waals surface area contributed by atoms with Gasteiger partial charge in [0.25, 0.3) is 0 Å². The van der Waals surface area contributed by atoms with Crippen molar-refractivity contribution < 1.29 is 10.2 Å². The molecule has 0 unspecified atom stereocenters. The van der Waals surface area contributed by atoms with Gasteiger partial charge in [-0.3, -0.25) is 0 Å². The lowest BCUT2D eigenvalue weighted by Crippen LogP contribution is -2.22. The molecule has 0 aliphatic carbocycles. The Kier molecular flexibility index (Phi) is 3.07. The van der Waals surface area contributed by atoms with E-state index < -0.39 is 11.7 Å². The molecule has 1 atom stereocenters. The van der Waals surface area contributed by atoms with Crippen molar-refractivity contribution in [3.05, 3.63) is 35.9 Å². The van der Waals surface area contributed by atoms with Gasteiger partial charge in [0.15, 0.2) is 0 Å². The summed E-state index contributed by atoms with van der Waals surface area (Å²) in [5.41, 5.74) is 0.0274. The first kappa shape index (κ1) is 10.2. The van der Waals surface area contributed by atoms with Crippen LogP contribution in [-0.4, -0.2) is 15.8 Å². The predicted molar refractivity (Wildman–Crippen MR) is 52.3 cm³/mol. The molecule has 2 heteroatoms. The molecule has 0 spiro atoms. The minimum absolute atomic E-state index is 0.358. The summed E-state index contributed by atoms with van der Waals surface area (Å²) in [6.07, 6.45) is -0.224. The SMILES string of the molecule is CC(C)(O)C[C@H](O)c1ccccc1. The fraction of sp³-hybridized carbons (Fsp3) is 0.455. The van der Waals surface area contributed by atoms with Crippen LogP contribution in [0.15, 0.2) is 30.3 Å². The summed E-state index contributed by atoms with van der Waals surface area (Å²) < 4.78 is 0. The van der Waals surface area contributed by atoms with Gasteiger partial charge < -0.3 is 10.2 Å². The highest BCUT2D eigenvalue weighted by Gasteiger charge is 2.19. The van der Waals surface area contributed by atoms with Gasteiger partial charge in [-0.05, 0) is 19.4 Å². The standard InChI is InChI=1S/C11H16O2/c1-11(2,13)8-10(12)9-6-4-3-5-7-9/h3-7,10,12-13H,8H2,1-2H3/t10-/m0/s1. The van der Waals surface area contributed by atoms with Crippen LogP contribution in [0.25, 0.3) is 0 Å². The van der Waals surface area contributed by atoms with Crippen LogP contribution < -0.4 is 0 Å². The highest BCUT2D eigenvalue weighted by Crippen LogP contribution is 2.22. The minimum atomic E-state index is -0.824. The Balaban J connectivity index is 2.64. The van der Waals surface area contributed by atoms with E-state index in [1.807, 2.05) is 30.3 Å². The third-order valence-electron chi connectivity index (χ3n) is 1.88. The molecule has 0 aromatic heterocycles. The summed E-state index contributed by atoms with van der Waals surface area (Å²) in [4.78, 5) is 0. The second kappa shape index (κ2) is 3.90. The van der Waals surface area contributed by atoms with Gasteiger partial charge in [0.05, 0.1) is 11.7 Å². The molecular weight excluding hydrogens is 164 g/mol. The summed E-state index contributed by atoms with van der Waals surface area (Å²) in [6.45, 7) is 3.39. The minimum Gasteiger partial charge on any atom is -0.390 e. The zero-order chi connectivity index (χ0) is 9.90. The van der Waals surface area contributed by atoms with Crippen LogP contribution in [-0.2, 0) is 0 Å². The van der Waals surface area contributed by atoms with E-state index in [2.05, 4.69) is 0 Å². The zero-order valence-electron chi connectivity index (χ0n) is 8.07. The number of benzene rings is 1. The molecule has 1 aromatic rings. The molecule has 0 heterocycles. The van der Waals surface area contributed by atoms with Crippen molar-refractivity contribution in [3.63, 3.8) is 0 Å². The van der Waals surface area contributed by atoms with Crippen LogP contribution >= 0.6 is 0 Å². The van der Waals surface area contributed by atoms with Crippen LogP contribution in [0.1, 0.15) is 31.9 Å². The zero-order valence-corrected chi connectivity index (χ0v) is 8.07. The number of hydrogen-bond donors (Lipinski definition) is 2. The van der Waals surface area contributed by atoms with Gasteiger partial charge in [0.2, 0.25) is 0 Å². The maximum Gasteiger partial charge on any atom is 0.0817 e. The Hall–Kier alpha value is -0.860. The van der Waals surface area contributed by atoms with Crippen LogP contribution in [0.5, 0.6) is 0 Å². The molecule has 0 radical (unpaired) electrons. The molecule has 0 saturated heterocycles. The number of aliphatic hydroxyl groups is 2. The van der Waals surface area contributed by atoms with Gasteiger partial charge in [-0.15, -0.1) is 0 Å². The molecule has 0 fully saturated rings. The fourth-order valence-corrected chi connectivity index (χ4v) is 1.27. The Bertz CT molecular complexity index is 249. The summed E-state index contributed by atoms with van der Waals surface area (Å²) in [5, 5.41) is 19.2. The fourth-order valence-electron chi connectivity index (χ4n) is 1.27. The van der Waals surface area contributed by atoms with Crippen molar-refractivity contribution in [1.82, 2.24) is 0 Å². The topological polar surface area (TPSA) is 40.5 Å². The van der Waals surface area contributed by atoms with Crippen molar-refractivity contribution in [2.75, 3.05) is 0 Å². The molecule has 72 valence electrons. The van der Waals surface area contributed by atoms with Crippen LogP contribution in [0.4, 0.5) is 0 Å². The van der Waals surface area contributed by atoms with Crippen LogP contribution in [0, 0.1) is 0 Å². The van der Waals surface area contributed by atoms with E-state index in [9.17, 15) is 10.2 Å². The van der Waals surface area contributed by atoms with Crippen molar-refractivity contribution >= 4 is 0 Å². The first-order valence-electron chi connectivity index (χ1n) is 4.44. The molecule has 2 nitrogen and oxygen atoms in total. The Morgan fingerprint density at radius 1 is 1.23 bits per heavy atom. The molecule has 1 aromatic carbocycles. The molecule has 0 bridgehead atoms. The van der Waals surface area contributed by atoms with E-state index in [1.54, 1.807) is 13.8 Å². The largest absolute Gasteiger partial charge is 0.390 e. The third kappa shape index (κ3) is 3.57. The summed E-state index contributed by atoms with van der Waals surface area (Å²) >= 11 is 0. The summed E-state index contributed by atoms with van der Waals surface area (Å²) in [5.74, 6) is 0. The average molecular weight is 180 g/mol. The van der Waals surface area contributed by atoms with Crippen molar-refractivity contribution in [1.29, 1.82) is 0 Å². The average Bonchev–Trinajstić information content (AvgIpc) is 2.03. The monoisotopic (exact) mass is 180 g/mol. The smallest absolute Gasteiger partial charge is 0.0817 e.